The zero-order valence-corrected chi connectivity index (χ0v) is 16.6. The summed E-state index contributed by atoms with van der Waals surface area (Å²) >= 11 is 3.29. The van der Waals surface area contributed by atoms with E-state index in [9.17, 15) is 8.42 Å². The number of benzene rings is 2. The van der Waals surface area contributed by atoms with E-state index >= 15 is 0 Å². The van der Waals surface area contributed by atoms with Gasteiger partial charge in [-0.25, -0.2) is 18.1 Å². The molecule has 8 heteroatoms. The standard InChI is InChI=1S/C18H19BrN4O2S/c1-13-2-4-14(5-3-13)12-18-21-17(22-23-18)10-11-20-26(24,25)16-8-6-15(19)7-9-16/h2-9,20H,10-12H2,1H3,(H,21,22,23). The van der Waals surface area contributed by atoms with Crippen LogP contribution in [0, 0.1) is 6.92 Å². The first-order valence-electron chi connectivity index (χ1n) is 8.13. The number of aromatic amines is 1. The molecular weight excluding hydrogens is 416 g/mol. The second kappa shape index (κ2) is 8.11. The number of rotatable bonds is 7. The first-order valence-corrected chi connectivity index (χ1v) is 10.4. The Hall–Kier alpha value is -2.03. The largest absolute Gasteiger partial charge is 0.263 e. The van der Waals surface area contributed by atoms with Crippen LogP contribution in [0.5, 0.6) is 0 Å². The van der Waals surface area contributed by atoms with E-state index in [1.165, 1.54) is 5.56 Å². The van der Waals surface area contributed by atoms with Crippen molar-refractivity contribution in [3.05, 3.63) is 75.8 Å². The number of nitrogens with zero attached hydrogens (tertiary/aromatic N) is 2. The average Bonchev–Trinajstić information content (AvgIpc) is 3.04. The molecule has 0 radical (unpaired) electrons. The minimum Gasteiger partial charge on any atom is -0.263 e. The van der Waals surface area contributed by atoms with Gasteiger partial charge in [-0.05, 0) is 36.8 Å². The van der Waals surface area contributed by atoms with Crippen LogP contribution in [0.15, 0.2) is 57.9 Å². The fraction of sp³-hybridized carbons (Fsp3) is 0.222. The Balaban J connectivity index is 1.54. The van der Waals surface area contributed by atoms with Crippen LogP contribution in [0.3, 0.4) is 0 Å². The molecule has 0 fully saturated rings. The normalized spacial score (nSPS) is 11.6. The first kappa shape index (κ1) is 18.8. The molecule has 0 spiro atoms. The highest BCUT2D eigenvalue weighted by Gasteiger charge is 2.13. The maximum atomic E-state index is 12.2. The molecule has 2 N–H and O–H groups in total. The molecule has 0 aliphatic heterocycles. The maximum Gasteiger partial charge on any atom is 0.240 e. The van der Waals surface area contributed by atoms with Crippen LogP contribution >= 0.6 is 15.9 Å². The van der Waals surface area contributed by atoms with Gasteiger partial charge in [0, 0.05) is 23.9 Å². The zero-order valence-electron chi connectivity index (χ0n) is 14.2. The van der Waals surface area contributed by atoms with Crippen molar-refractivity contribution in [2.45, 2.75) is 24.7 Å². The molecule has 0 amide bonds. The minimum absolute atomic E-state index is 0.232. The van der Waals surface area contributed by atoms with Gasteiger partial charge in [0.15, 0.2) is 5.82 Å². The van der Waals surface area contributed by atoms with E-state index in [1.807, 2.05) is 6.92 Å². The highest BCUT2D eigenvalue weighted by Crippen LogP contribution is 2.14. The third-order valence-corrected chi connectivity index (χ3v) is 5.84. The van der Waals surface area contributed by atoms with Crippen molar-refractivity contribution >= 4 is 26.0 Å². The van der Waals surface area contributed by atoms with Gasteiger partial charge in [-0.15, -0.1) is 0 Å². The third-order valence-electron chi connectivity index (χ3n) is 3.83. The number of H-pyrrole nitrogens is 1. The van der Waals surface area contributed by atoms with Crippen molar-refractivity contribution in [1.82, 2.24) is 19.9 Å². The first-order chi connectivity index (χ1) is 12.4. The number of halogens is 1. The molecule has 0 atom stereocenters. The summed E-state index contributed by atoms with van der Waals surface area (Å²) in [5.74, 6) is 1.35. The second-order valence-electron chi connectivity index (χ2n) is 5.96. The van der Waals surface area contributed by atoms with Crippen molar-refractivity contribution in [3.8, 4) is 0 Å². The summed E-state index contributed by atoms with van der Waals surface area (Å²) in [6, 6.07) is 14.7. The minimum atomic E-state index is -3.53. The van der Waals surface area contributed by atoms with Gasteiger partial charge in [-0.1, -0.05) is 45.8 Å². The summed E-state index contributed by atoms with van der Waals surface area (Å²) in [4.78, 5) is 4.66. The van der Waals surface area contributed by atoms with Gasteiger partial charge in [0.1, 0.15) is 5.82 Å². The fourth-order valence-corrected chi connectivity index (χ4v) is 3.72. The van der Waals surface area contributed by atoms with E-state index in [2.05, 4.69) is 60.1 Å². The van der Waals surface area contributed by atoms with Crippen LogP contribution < -0.4 is 4.72 Å². The van der Waals surface area contributed by atoms with E-state index in [0.717, 1.165) is 15.9 Å². The molecule has 0 bridgehead atoms. The Morgan fingerprint density at radius 1 is 1.08 bits per heavy atom. The summed E-state index contributed by atoms with van der Waals surface area (Å²) in [6.45, 7) is 2.28. The summed E-state index contributed by atoms with van der Waals surface area (Å²) in [5, 5.41) is 7.07. The van der Waals surface area contributed by atoms with Crippen LogP contribution in [0.4, 0.5) is 0 Å². The molecule has 0 aliphatic carbocycles. The van der Waals surface area contributed by atoms with Crippen LogP contribution in [0.2, 0.25) is 0 Å². The second-order valence-corrected chi connectivity index (χ2v) is 8.65. The van der Waals surface area contributed by atoms with Gasteiger partial charge in [-0.2, -0.15) is 5.10 Å². The number of hydrogen-bond donors (Lipinski definition) is 2. The molecule has 6 nitrogen and oxygen atoms in total. The van der Waals surface area contributed by atoms with Crippen molar-refractivity contribution in [1.29, 1.82) is 0 Å². The highest BCUT2D eigenvalue weighted by molar-refractivity contribution is 9.10. The number of hydrogen-bond acceptors (Lipinski definition) is 4. The SMILES string of the molecule is Cc1ccc(Cc2nc(CCNS(=O)(=O)c3ccc(Br)cc3)n[nH]2)cc1. The lowest BCUT2D eigenvalue weighted by Crippen LogP contribution is -2.26. The highest BCUT2D eigenvalue weighted by atomic mass is 79.9. The molecule has 0 saturated heterocycles. The van der Waals surface area contributed by atoms with Gasteiger partial charge in [0.05, 0.1) is 4.90 Å². The van der Waals surface area contributed by atoms with Crippen molar-refractivity contribution in [3.63, 3.8) is 0 Å². The topological polar surface area (TPSA) is 87.7 Å². The summed E-state index contributed by atoms with van der Waals surface area (Å²) in [5.41, 5.74) is 2.36. The van der Waals surface area contributed by atoms with E-state index in [0.29, 0.717) is 18.7 Å². The van der Waals surface area contributed by atoms with Gasteiger partial charge < -0.3 is 0 Å². The molecular formula is C18H19BrN4O2S. The lowest BCUT2D eigenvalue weighted by atomic mass is 10.1. The Bertz CT molecular complexity index is 967. The van der Waals surface area contributed by atoms with Crippen molar-refractivity contribution in [2.75, 3.05) is 6.54 Å². The van der Waals surface area contributed by atoms with Gasteiger partial charge >= 0.3 is 0 Å². The van der Waals surface area contributed by atoms with E-state index in [4.69, 9.17) is 0 Å². The number of aryl methyl sites for hydroxylation is 1. The maximum absolute atomic E-state index is 12.2. The Morgan fingerprint density at radius 3 is 2.46 bits per heavy atom. The number of sulfonamides is 1. The Kier molecular flexibility index (Phi) is 5.85. The van der Waals surface area contributed by atoms with Crippen LogP contribution in [0.25, 0.3) is 0 Å². The lowest BCUT2D eigenvalue weighted by Gasteiger charge is -2.05. The molecule has 0 aliphatic rings. The van der Waals surface area contributed by atoms with Crippen molar-refractivity contribution < 1.29 is 8.42 Å². The molecule has 136 valence electrons. The van der Waals surface area contributed by atoms with Gasteiger partial charge in [-0.3, -0.25) is 5.10 Å². The predicted molar refractivity (Wildman–Crippen MR) is 103 cm³/mol. The lowest BCUT2D eigenvalue weighted by molar-refractivity contribution is 0.581. The number of aromatic nitrogens is 3. The average molecular weight is 435 g/mol. The van der Waals surface area contributed by atoms with Crippen LogP contribution in [0.1, 0.15) is 22.8 Å². The summed E-state index contributed by atoms with van der Waals surface area (Å²) < 4.78 is 27.9. The molecule has 2 aromatic carbocycles. The molecule has 1 heterocycles. The number of nitrogens with one attached hydrogen (secondary N) is 2. The molecule has 0 saturated carbocycles. The molecule has 1 aromatic heterocycles. The summed E-state index contributed by atoms with van der Waals surface area (Å²) in [7, 11) is -3.53. The summed E-state index contributed by atoms with van der Waals surface area (Å²) in [6.07, 6.45) is 1.08. The van der Waals surface area contributed by atoms with E-state index in [1.54, 1.807) is 24.3 Å². The quantitative estimate of drug-likeness (QED) is 0.598. The Morgan fingerprint density at radius 2 is 1.77 bits per heavy atom. The van der Waals surface area contributed by atoms with Crippen LogP contribution in [-0.2, 0) is 22.9 Å². The van der Waals surface area contributed by atoms with Gasteiger partial charge in [0.25, 0.3) is 0 Å². The monoisotopic (exact) mass is 434 g/mol. The Labute approximate surface area is 161 Å². The van der Waals surface area contributed by atoms with Crippen LogP contribution in [-0.4, -0.2) is 30.1 Å². The smallest absolute Gasteiger partial charge is 0.240 e. The van der Waals surface area contributed by atoms with E-state index in [-0.39, 0.29) is 11.4 Å². The molecule has 26 heavy (non-hydrogen) atoms. The predicted octanol–water partition coefficient (Wildman–Crippen LogP) is 2.99. The third kappa shape index (κ3) is 5.00. The van der Waals surface area contributed by atoms with Crippen molar-refractivity contribution in [2.24, 2.45) is 0 Å². The zero-order chi connectivity index (χ0) is 18.6. The molecule has 0 unspecified atom stereocenters. The van der Waals surface area contributed by atoms with E-state index < -0.39 is 10.0 Å². The molecule has 3 rings (SSSR count). The fourth-order valence-electron chi connectivity index (χ4n) is 2.42. The van der Waals surface area contributed by atoms with Gasteiger partial charge in [0.2, 0.25) is 10.0 Å². The molecule has 3 aromatic rings.